The van der Waals surface area contributed by atoms with Crippen LogP contribution >= 0.6 is 15.9 Å². The molecule has 106 valence electrons. The molecular weight excluding hydrogens is 322 g/mol. The van der Waals surface area contributed by atoms with Gasteiger partial charge >= 0.3 is 5.97 Å². The molecule has 2 saturated carbocycles. The molecule has 5 heteroatoms. The van der Waals surface area contributed by atoms with E-state index in [0.717, 1.165) is 22.9 Å². The molecule has 0 unspecified atom stereocenters. The lowest BCUT2D eigenvalue weighted by molar-refractivity contribution is -0.146. The van der Waals surface area contributed by atoms with Gasteiger partial charge in [-0.15, -0.1) is 0 Å². The molecule has 0 bridgehead atoms. The number of halogens is 1. The molecule has 0 atom stereocenters. The first-order valence-corrected chi connectivity index (χ1v) is 7.60. The normalized spacial score (nSPS) is 26.4. The molecule has 3 rings (SSSR count). The minimum atomic E-state index is -0.760. The van der Waals surface area contributed by atoms with Crippen LogP contribution in [0.1, 0.15) is 31.2 Å². The number of amides is 1. The van der Waals surface area contributed by atoms with Gasteiger partial charge in [-0.05, 0) is 43.4 Å². The van der Waals surface area contributed by atoms with E-state index in [9.17, 15) is 9.59 Å². The number of benzene rings is 1. The molecule has 0 radical (unpaired) electrons. The van der Waals surface area contributed by atoms with E-state index in [-0.39, 0.29) is 23.3 Å². The van der Waals surface area contributed by atoms with Gasteiger partial charge in [0.25, 0.3) is 0 Å². The van der Waals surface area contributed by atoms with Gasteiger partial charge in [-0.1, -0.05) is 28.1 Å². The number of aliphatic carboxylic acids is 1. The lowest BCUT2D eigenvalue weighted by Crippen LogP contribution is -2.49. The van der Waals surface area contributed by atoms with Crippen molar-refractivity contribution >= 4 is 27.8 Å². The second-order valence-corrected chi connectivity index (χ2v) is 6.68. The van der Waals surface area contributed by atoms with Gasteiger partial charge in [0, 0.05) is 10.5 Å². The molecule has 2 fully saturated rings. The van der Waals surface area contributed by atoms with E-state index in [1.54, 1.807) is 0 Å². The van der Waals surface area contributed by atoms with Crippen LogP contribution in [0.3, 0.4) is 0 Å². The van der Waals surface area contributed by atoms with Crippen LogP contribution in [-0.2, 0) is 15.0 Å². The highest BCUT2D eigenvalue weighted by Crippen LogP contribution is 2.49. The molecule has 2 aliphatic rings. The summed E-state index contributed by atoms with van der Waals surface area (Å²) in [5.41, 5.74) is 0.668. The van der Waals surface area contributed by atoms with Crippen molar-refractivity contribution in [3.05, 3.63) is 34.3 Å². The van der Waals surface area contributed by atoms with Gasteiger partial charge in [-0.3, -0.25) is 9.59 Å². The third-order valence-electron chi connectivity index (χ3n) is 4.40. The fourth-order valence-electron chi connectivity index (χ4n) is 2.80. The van der Waals surface area contributed by atoms with Crippen LogP contribution in [0.2, 0.25) is 0 Å². The second-order valence-electron chi connectivity index (χ2n) is 5.77. The van der Waals surface area contributed by atoms with E-state index < -0.39 is 5.97 Å². The zero-order chi connectivity index (χ0) is 14.3. The van der Waals surface area contributed by atoms with Gasteiger partial charge < -0.3 is 10.4 Å². The lowest BCUT2D eigenvalue weighted by atomic mass is 9.80. The minimum Gasteiger partial charge on any atom is -0.481 e. The molecule has 2 aliphatic carbocycles. The number of carboxylic acid groups (broad SMARTS) is 1. The number of nitrogens with one attached hydrogen (secondary N) is 1. The van der Waals surface area contributed by atoms with Crippen LogP contribution in [-0.4, -0.2) is 23.0 Å². The largest absolute Gasteiger partial charge is 0.481 e. The number of rotatable bonds is 4. The fraction of sp³-hybridized carbons (Fsp3) is 0.467. The SMILES string of the molecule is O=C(O)C1CC(NC(=O)C2(c3ccc(Br)cc3)CC2)C1. The maximum Gasteiger partial charge on any atom is 0.306 e. The Morgan fingerprint density at radius 3 is 2.30 bits per heavy atom. The third-order valence-corrected chi connectivity index (χ3v) is 4.93. The quantitative estimate of drug-likeness (QED) is 0.886. The Kier molecular flexibility index (Phi) is 3.32. The molecule has 20 heavy (non-hydrogen) atoms. The standard InChI is InChI=1S/C15H16BrNO3/c16-11-3-1-10(2-4-11)15(5-6-15)14(20)17-12-7-9(8-12)13(18)19/h1-4,9,12H,5-8H2,(H,17,20)(H,18,19). The summed E-state index contributed by atoms with van der Waals surface area (Å²) in [5.74, 6) is -0.999. The van der Waals surface area contributed by atoms with Gasteiger partial charge in [0.15, 0.2) is 0 Å². The number of carboxylic acids is 1. The molecule has 0 aromatic heterocycles. The van der Waals surface area contributed by atoms with Crippen molar-refractivity contribution in [2.45, 2.75) is 37.1 Å². The van der Waals surface area contributed by atoms with Crippen LogP contribution in [0, 0.1) is 5.92 Å². The highest BCUT2D eigenvalue weighted by molar-refractivity contribution is 9.10. The number of hydrogen-bond acceptors (Lipinski definition) is 2. The van der Waals surface area contributed by atoms with Crippen molar-refractivity contribution in [1.82, 2.24) is 5.32 Å². The van der Waals surface area contributed by atoms with Crippen LogP contribution < -0.4 is 5.32 Å². The molecule has 0 heterocycles. The minimum absolute atomic E-state index is 0.0246. The maximum absolute atomic E-state index is 12.4. The summed E-state index contributed by atoms with van der Waals surface area (Å²) in [7, 11) is 0. The number of carbonyl (C=O) groups is 2. The Morgan fingerprint density at radius 1 is 1.20 bits per heavy atom. The fourth-order valence-corrected chi connectivity index (χ4v) is 3.07. The van der Waals surface area contributed by atoms with Gasteiger partial charge in [-0.25, -0.2) is 0 Å². The van der Waals surface area contributed by atoms with Gasteiger partial charge in [0.2, 0.25) is 5.91 Å². The zero-order valence-electron chi connectivity index (χ0n) is 10.9. The molecular formula is C15H16BrNO3. The molecule has 1 aromatic rings. The monoisotopic (exact) mass is 337 g/mol. The molecule has 4 nitrogen and oxygen atoms in total. The maximum atomic E-state index is 12.4. The predicted molar refractivity (Wildman–Crippen MR) is 77.3 cm³/mol. The summed E-state index contributed by atoms with van der Waals surface area (Å²) < 4.78 is 1.00. The molecule has 0 aliphatic heterocycles. The summed E-state index contributed by atoms with van der Waals surface area (Å²) in [6.45, 7) is 0. The van der Waals surface area contributed by atoms with Crippen molar-refractivity contribution in [1.29, 1.82) is 0 Å². The van der Waals surface area contributed by atoms with Crippen molar-refractivity contribution in [2.24, 2.45) is 5.92 Å². The Bertz CT molecular complexity index is 545. The number of carbonyl (C=O) groups excluding carboxylic acids is 1. The summed E-state index contributed by atoms with van der Waals surface area (Å²) in [6, 6.07) is 7.89. The van der Waals surface area contributed by atoms with Crippen LogP contribution in [0.4, 0.5) is 0 Å². The smallest absolute Gasteiger partial charge is 0.306 e. The Morgan fingerprint density at radius 2 is 1.80 bits per heavy atom. The summed E-state index contributed by atoms with van der Waals surface area (Å²) in [4.78, 5) is 23.2. The van der Waals surface area contributed by atoms with E-state index in [1.165, 1.54) is 0 Å². The lowest BCUT2D eigenvalue weighted by Gasteiger charge is -2.34. The zero-order valence-corrected chi connectivity index (χ0v) is 12.5. The van der Waals surface area contributed by atoms with Crippen LogP contribution in [0.15, 0.2) is 28.7 Å². The van der Waals surface area contributed by atoms with E-state index in [0.29, 0.717) is 12.8 Å². The van der Waals surface area contributed by atoms with Crippen molar-refractivity contribution < 1.29 is 14.7 Å². The Labute approximate surface area is 125 Å². The second kappa shape index (κ2) is 4.88. The van der Waals surface area contributed by atoms with Crippen LogP contribution in [0.5, 0.6) is 0 Å². The van der Waals surface area contributed by atoms with Gasteiger partial charge in [0.1, 0.15) is 0 Å². The van der Waals surface area contributed by atoms with Crippen LogP contribution in [0.25, 0.3) is 0 Å². The average molecular weight is 338 g/mol. The topological polar surface area (TPSA) is 66.4 Å². The van der Waals surface area contributed by atoms with E-state index in [4.69, 9.17) is 5.11 Å². The van der Waals surface area contributed by atoms with E-state index in [1.807, 2.05) is 24.3 Å². The summed E-state index contributed by atoms with van der Waals surface area (Å²) >= 11 is 3.39. The summed E-state index contributed by atoms with van der Waals surface area (Å²) in [6.07, 6.45) is 2.85. The highest BCUT2D eigenvalue weighted by Gasteiger charge is 2.52. The summed E-state index contributed by atoms with van der Waals surface area (Å²) in [5, 5.41) is 11.8. The first-order chi connectivity index (χ1) is 9.51. The first-order valence-electron chi connectivity index (χ1n) is 6.81. The van der Waals surface area contributed by atoms with Gasteiger partial charge in [-0.2, -0.15) is 0 Å². The molecule has 1 amide bonds. The molecule has 0 saturated heterocycles. The average Bonchev–Trinajstić information content (AvgIpc) is 3.14. The predicted octanol–water partition coefficient (Wildman–Crippen LogP) is 2.46. The first kappa shape index (κ1) is 13.6. The molecule has 0 spiro atoms. The Hall–Kier alpha value is -1.36. The van der Waals surface area contributed by atoms with E-state index in [2.05, 4.69) is 21.2 Å². The van der Waals surface area contributed by atoms with E-state index >= 15 is 0 Å². The van der Waals surface area contributed by atoms with Crippen molar-refractivity contribution in [3.63, 3.8) is 0 Å². The highest BCUT2D eigenvalue weighted by atomic mass is 79.9. The van der Waals surface area contributed by atoms with Gasteiger partial charge in [0.05, 0.1) is 11.3 Å². The molecule has 1 aromatic carbocycles. The van der Waals surface area contributed by atoms with Crippen molar-refractivity contribution in [3.8, 4) is 0 Å². The number of hydrogen-bond donors (Lipinski definition) is 2. The Balaban J connectivity index is 1.63. The third kappa shape index (κ3) is 2.35. The molecule has 2 N–H and O–H groups in total. The van der Waals surface area contributed by atoms with Crippen molar-refractivity contribution in [2.75, 3.05) is 0 Å².